The number of carboxylic acids is 1. The van der Waals surface area contributed by atoms with Crippen LogP contribution in [-0.2, 0) is 4.79 Å². The van der Waals surface area contributed by atoms with Crippen LogP contribution in [0.15, 0.2) is 6.08 Å². The lowest BCUT2D eigenvalue weighted by Crippen LogP contribution is -2.32. The maximum absolute atomic E-state index is 11.0. The van der Waals surface area contributed by atoms with E-state index in [2.05, 4.69) is 46.8 Å². The summed E-state index contributed by atoms with van der Waals surface area (Å²) in [6, 6.07) is 0. The summed E-state index contributed by atoms with van der Waals surface area (Å²) in [6.07, 6.45) is 15.8. The zero-order chi connectivity index (χ0) is 26.2. The Hall–Kier alpha value is -1.97. The van der Waals surface area contributed by atoms with Crippen LogP contribution in [0, 0.1) is 38.5 Å². The molecule has 1 aromatic rings. The highest BCUT2D eigenvalue weighted by Gasteiger charge is 2.31. The maximum Gasteiger partial charge on any atom is 0.341 e. The molecule has 0 amide bonds. The Morgan fingerprint density at radius 2 is 1.49 bits per heavy atom. The summed E-state index contributed by atoms with van der Waals surface area (Å²) < 4.78 is 12.2. The predicted octanol–water partition coefficient (Wildman–Crippen LogP) is 8.68. The molecule has 198 valence electrons. The minimum Gasteiger partial charge on any atom is -0.483 e. The first-order valence-corrected chi connectivity index (χ1v) is 13.8. The summed E-state index contributed by atoms with van der Waals surface area (Å²) in [5, 5.41) is 9.01. The molecule has 35 heavy (non-hydrogen) atoms. The quantitative estimate of drug-likeness (QED) is 0.269. The topological polar surface area (TPSA) is 55.8 Å². The van der Waals surface area contributed by atoms with Crippen LogP contribution in [0.25, 0.3) is 6.08 Å². The molecule has 1 aliphatic rings. The van der Waals surface area contributed by atoms with Crippen molar-refractivity contribution in [2.75, 3.05) is 6.61 Å². The highest BCUT2D eigenvalue weighted by Crippen LogP contribution is 2.43. The molecule has 4 heteroatoms. The molecule has 2 rings (SSSR count). The fourth-order valence-electron chi connectivity index (χ4n) is 5.24. The zero-order valence-corrected chi connectivity index (χ0v) is 23.6. The first-order chi connectivity index (χ1) is 16.4. The van der Waals surface area contributed by atoms with E-state index in [0.717, 1.165) is 58.6 Å². The van der Waals surface area contributed by atoms with Crippen LogP contribution < -0.4 is 9.47 Å². The predicted molar refractivity (Wildman–Crippen MR) is 147 cm³/mol. The zero-order valence-electron chi connectivity index (χ0n) is 23.6. The summed E-state index contributed by atoms with van der Waals surface area (Å²) in [5.41, 5.74) is 3.60. The third kappa shape index (κ3) is 8.88. The molecular formula is C31H50O4. The van der Waals surface area contributed by atoms with Crippen molar-refractivity contribution >= 4 is 12.0 Å². The van der Waals surface area contributed by atoms with Crippen molar-refractivity contribution in [2.45, 2.75) is 119 Å². The van der Waals surface area contributed by atoms with Gasteiger partial charge in [-0.05, 0) is 75.5 Å². The van der Waals surface area contributed by atoms with Crippen molar-refractivity contribution in [3.8, 4) is 11.5 Å². The normalized spacial score (nSPS) is 18.8. The van der Waals surface area contributed by atoms with Crippen LogP contribution >= 0.6 is 0 Å². The lowest BCUT2D eigenvalue weighted by atomic mass is 9.88. The summed E-state index contributed by atoms with van der Waals surface area (Å²) in [7, 11) is 0. The Labute approximate surface area is 214 Å². The molecule has 0 unspecified atom stereocenters. The first-order valence-electron chi connectivity index (χ1n) is 13.8. The molecule has 1 heterocycles. The van der Waals surface area contributed by atoms with Crippen LogP contribution in [-0.4, -0.2) is 23.3 Å². The van der Waals surface area contributed by atoms with E-state index in [1.165, 1.54) is 44.9 Å². The Bertz CT molecular complexity index is 869. The standard InChI is InChI=1S/C31H50O4/c1-21(2)12-9-13-22(3)14-10-15-23(4)16-11-18-31(8)19-17-27-26(7)29(34-20-28(32)33)24(5)25(6)30(27)35-31/h17,19,21-23H,9-16,18,20H2,1-8H3,(H,32,33)/t22-,23-,31-/m1/s1. The number of benzene rings is 1. The Kier molecular flexibility index (Phi) is 11.2. The van der Waals surface area contributed by atoms with Crippen LogP contribution in [0.1, 0.15) is 115 Å². The van der Waals surface area contributed by atoms with Crippen LogP contribution in [0.2, 0.25) is 0 Å². The molecule has 0 aromatic heterocycles. The van der Waals surface area contributed by atoms with E-state index in [9.17, 15) is 4.79 Å². The summed E-state index contributed by atoms with van der Waals surface area (Å²) in [4.78, 5) is 11.0. The van der Waals surface area contributed by atoms with Gasteiger partial charge in [-0.1, -0.05) is 78.7 Å². The molecule has 0 saturated heterocycles. The highest BCUT2D eigenvalue weighted by atomic mass is 16.5. The lowest BCUT2D eigenvalue weighted by molar-refractivity contribution is -0.139. The van der Waals surface area contributed by atoms with Crippen LogP contribution in [0.5, 0.6) is 11.5 Å². The van der Waals surface area contributed by atoms with Crippen molar-refractivity contribution < 1.29 is 19.4 Å². The first kappa shape index (κ1) is 29.3. The molecule has 3 atom stereocenters. The second-order valence-electron chi connectivity index (χ2n) is 11.7. The smallest absolute Gasteiger partial charge is 0.341 e. The molecule has 0 aliphatic carbocycles. The number of hydrogen-bond donors (Lipinski definition) is 1. The fraction of sp³-hybridized carbons (Fsp3) is 0.710. The molecule has 1 N–H and O–H groups in total. The van der Waals surface area contributed by atoms with E-state index in [4.69, 9.17) is 14.6 Å². The van der Waals surface area contributed by atoms with E-state index in [0.29, 0.717) is 5.75 Å². The summed E-state index contributed by atoms with van der Waals surface area (Å²) in [6.45, 7) is 17.3. The Morgan fingerprint density at radius 1 is 0.914 bits per heavy atom. The number of fused-ring (bicyclic) bond motifs is 1. The van der Waals surface area contributed by atoms with Crippen LogP contribution in [0.3, 0.4) is 0 Å². The third-order valence-electron chi connectivity index (χ3n) is 7.75. The number of carboxylic acid groups (broad SMARTS) is 1. The van der Waals surface area contributed by atoms with Gasteiger partial charge in [-0.25, -0.2) is 4.79 Å². The molecule has 0 radical (unpaired) electrons. The molecule has 0 bridgehead atoms. The number of carbonyl (C=O) groups is 1. The van der Waals surface area contributed by atoms with Gasteiger partial charge in [0.25, 0.3) is 0 Å². The van der Waals surface area contributed by atoms with Crippen molar-refractivity contribution in [1.29, 1.82) is 0 Å². The number of aliphatic carboxylic acids is 1. The monoisotopic (exact) mass is 486 g/mol. The Balaban J connectivity index is 1.85. The van der Waals surface area contributed by atoms with Gasteiger partial charge in [-0.2, -0.15) is 0 Å². The lowest BCUT2D eigenvalue weighted by Gasteiger charge is -2.34. The Morgan fingerprint density at radius 3 is 2.06 bits per heavy atom. The van der Waals surface area contributed by atoms with Crippen LogP contribution in [0.4, 0.5) is 0 Å². The van der Waals surface area contributed by atoms with Gasteiger partial charge in [0, 0.05) is 11.1 Å². The van der Waals surface area contributed by atoms with Gasteiger partial charge in [-0.15, -0.1) is 0 Å². The van der Waals surface area contributed by atoms with Crippen molar-refractivity contribution in [3.63, 3.8) is 0 Å². The molecule has 0 saturated carbocycles. The molecule has 1 aliphatic heterocycles. The van der Waals surface area contributed by atoms with Gasteiger partial charge in [0.05, 0.1) is 0 Å². The average Bonchev–Trinajstić information content (AvgIpc) is 2.77. The van der Waals surface area contributed by atoms with E-state index >= 15 is 0 Å². The van der Waals surface area contributed by atoms with Gasteiger partial charge < -0.3 is 14.6 Å². The van der Waals surface area contributed by atoms with Gasteiger partial charge >= 0.3 is 5.97 Å². The van der Waals surface area contributed by atoms with E-state index in [1.807, 2.05) is 20.8 Å². The van der Waals surface area contributed by atoms with Gasteiger partial charge in [-0.3, -0.25) is 0 Å². The largest absolute Gasteiger partial charge is 0.483 e. The molecule has 0 fully saturated rings. The minimum atomic E-state index is -0.969. The van der Waals surface area contributed by atoms with Gasteiger partial charge in [0.2, 0.25) is 0 Å². The van der Waals surface area contributed by atoms with Crippen molar-refractivity contribution in [2.24, 2.45) is 17.8 Å². The number of rotatable bonds is 15. The minimum absolute atomic E-state index is 0.315. The molecule has 1 aromatic carbocycles. The van der Waals surface area contributed by atoms with E-state index in [-0.39, 0.29) is 12.2 Å². The SMILES string of the molecule is Cc1c(C)c2c(c(C)c1OCC(=O)O)C=C[C@@](C)(CCC[C@H](C)CCC[C@H](C)CCCC(C)C)O2. The number of ether oxygens (including phenoxy) is 2. The second-order valence-corrected chi connectivity index (χ2v) is 11.7. The molecule has 0 spiro atoms. The van der Waals surface area contributed by atoms with Crippen molar-refractivity contribution in [1.82, 2.24) is 0 Å². The van der Waals surface area contributed by atoms with E-state index in [1.54, 1.807) is 0 Å². The highest BCUT2D eigenvalue weighted by molar-refractivity contribution is 5.73. The average molecular weight is 487 g/mol. The van der Waals surface area contributed by atoms with Gasteiger partial charge in [0.1, 0.15) is 17.1 Å². The maximum atomic E-state index is 11.0. The summed E-state index contributed by atoms with van der Waals surface area (Å²) >= 11 is 0. The van der Waals surface area contributed by atoms with Crippen molar-refractivity contribution in [3.05, 3.63) is 28.3 Å². The number of hydrogen-bond acceptors (Lipinski definition) is 3. The summed E-state index contributed by atoms with van der Waals surface area (Å²) in [5.74, 6) is 3.03. The molecular weight excluding hydrogens is 436 g/mol. The molecule has 4 nitrogen and oxygen atoms in total. The third-order valence-corrected chi connectivity index (χ3v) is 7.75. The van der Waals surface area contributed by atoms with Gasteiger partial charge in [0.15, 0.2) is 6.61 Å². The second kappa shape index (κ2) is 13.4. The van der Waals surface area contributed by atoms with E-state index < -0.39 is 5.97 Å². The fourth-order valence-corrected chi connectivity index (χ4v) is 5.24.